The average molecular weight is 185 g/mol. The molecule has 0 amide bonds. The number of carbonyl (C=O) groups is 1. The number of carboxylic acids is 1. The maximum atomic E-state index is 11.0. The van der Waals surface area contributed by atoms with Crippen molar-refractivity contribution in [3.8, 4) is 0 Å². The van der Waals surface area contributed by atoms with Crippen molar-refractivity contribution < 1.29 is 9.90 Å². The first-order valence-electron chi connectivity index (χ1n) is 4.95. The first kappa shape index (κ1) is 10.5. The number of rotatable bonds is 5. The Labute approximate surface area is 79.7 Å². The van der Waals surface area contributed by atoms with Gasteiger partial charge in [0.25, 0.3) is 0 Å². The van der Waals surface area contributed by atoms with Gasteiger partial charge in [-0.25, -0.2) is 0 Å². The molecule has 13 heavy (non-hydrogen) atoms. The van der Waals surface area contributed by atoms with E-state index < -0.39 is 5.97 Å². The minimum atomic E-state index is -0.661. The molecule has 1 unspecified atom stereocenters. The second kappa shape index (κ2) is 4.09. The fraction of sp³-hybridized carbons (Fsp3) is 0.900. The van der Waals surface area contributed by atoms with Crippen molar-refractivity contribution in [1.82, 2.24) is 4.90 Å². The first-order chi connectivity index (χ1) is 6.02. The van der Waals surface area contributed by atoms with Crippen LogP contribution in [0.25, 0.3) is 0 Å². The zero-order chi connectivity index (χ0) is 10.0. The van der Waals surface area contributed by atoms with Crippen LogP contribution in [0.5, 0.6) is 0 Å². The van der Waals surface area contributed by atoms with Crippen LogP contribution < -0.4 is 0 Å². The van der Waals surface area contributed by atoms with Gasteiger partial charge in [0.2, 0.25) is 0 Å². The smallest absolute Gasteiger partial charge is 0.321 e. The topological polar surface area (TPSA) is 40.5 Å². The molecule has 1 saturated carbocycles. The number of hydrogen-bond acceptors (Lipinski definition) is 2. The Bertz CT molecular complexity index is 187. The molecule has 1 rings (SSSR count). The molecule has 1 N–H and O–H groups in total. The van der Waals surface area contributed by atoms with Crippen molar-refractivity contribution in [2.24, 2.45) is 11.8 Å². The molecule has 0 aromatic heterocycles. The normalized spacial score (nSPS) is 19.5. The third kappa shape index (κ3) is 2.99. The molecule has 1 fully saturated rings. The monoisotopic (exact) mass is 185 g/mol. The summed E-state index contributed by atoms with van der Waals surface area (Å²) in [6, 6.07) is -0.248. The molecule has 76 valence electrons. The summed E-state index contributed by atoms with van der Waals surface area (Å²) in [7, 11) is 1.91. The van der Waals surface area contributed by atoms with E-state index in [9.17, 15) is 4.79 Å². The van der Waals surface area contributed by atoms with Crippen LogP contribution in [0.2, 0.25) is 0 Å². The van der Waals surface area contributed by atoms with Gasteiger partial charge in [-0.1, -0.05) is 13.8 Å². The Balaban J connectivity index is 2.48. The van der Waals surface area contributed by atoms with Crippen LogP contribution in [0.1, 0.15) is 26.7 Å². The Kier molecular flexibility index (Phi) is 3.31. The van der Waals surface area contributed by atoms with E-state index in [-0.39, 0.29) is 6.04 Å². The highest BCUT2D eigenvalue weighted by Gasteiger charge is 2.38. The lowest BCUT2D eigenvalue weighted by atomic mass is 10.1. The number of likely N-dealkylation sites (N-methyl/N-ethyl adjacent to an activating group) is 1. The summed E-state index contributed by atoms with van der Waals surface area (Å²) in [4.78, 5) is 12.9. The second-order valence-corrected chi connectivity index (χ2v) is 4.45. The van der Waals surface area contributed by atoms with Gasteiger partial charge < -0.3 is 5.11 Å². The van der Waals surface area contributed by atoms with Gasteiger partial charge in [-0.3, -0.25) is 9.69 Å². The zero-order valence-electron chi connectivity index (χ0n) is 8.66. The fourth-order valence-electron chi connectivity index (χ4n) is 1.85. The third-order valence-electron chi connectivity index (χ3n) is 2.45. The summed E-state index contributed by atoms with van der Waals surface area (Å²) in [6.07, 6.45) is 2.17. The van der Waals surface area contributed by atoms with Crippen LogP contribution >= 0.6 is 0 Å². The number of nitrogens with zero attached hydrogens (tertiary/aromatic N) is 1. The van der Waals surface area contributed by atoms with Gasteiger partial charge in [0.05, 0.1) is 0 Å². The fourth-order valence-corrected chi connectivity index (χ4v) is 1.85. The molecular formula is C10H19NO2. The van der Waals surface area contributed by atoms with Crippen LogP contribution in [-0.4, -0.2) is 35.6 Å². The molecule has 0 aromatic carbocycles. The summed E-state index contributed by atoms with van der Waals surface area (Å²) >= 11 is 0. The lowest BCUT2D eigenvalue weighted by Gasteiger charge is -2.25. The van der Waals surface area contributed by atoms with Gasteiger partial charge in [0.15, 0.2) is 0 Å². The van der Waals surface area contributed by atoms with Gasteiger partial charge in [-0.15, -0.1) is 0 Å². The summed E-state index contributed by atoms with van der Waals surface area (Å²) in [5, 5.41) is 9.03. The molecule has 0 bridgehead atoms. The van der Waals surface area contributed by atoms with Gasteiger partial charge in [-0.2, -0.15) is 0 Å². The molecule has 3 heteroatoms. The largest absolute Gasteiger partial charge is 0.480 e. The quantitative estimate of drug-likeness (QED) is 0.704. The average Bonchev–Trinajstić information content (AvgIpc) is 2.68. The Hall–Kier alpha value is -0.570. The Morgan fingerprint density at radius 1 is 1.54 bits per heavy atom. The van der Waals surface area contributed by atoms with Crippen molar-refractivity contribution in [2.75, 3.05) is 13.6 Å². The van der Waals surface area contributed by atoms with Gasteiger partial charge in [0.1, 0.15) is 6.04 Å². The Morgan fingerprint density at radius 3 is 2.38 bits per heavy atom. The molecule has 0 radical (unpaired) electrons. The van der Waals surface area contributed by atoms with Gasteiger partial charge >= 0.3 is 5.97 Å². The van der Waals surface area contributed by atoms with E-state index in [1.807, 2.05) is 11.9 Å². The molecular weight excluding hydrogens is 166 g/mol. The molecule has 0 saturated heterocycles. The van der Waals surface area contributed by atoms with E-state index >= 15 is 0 Å². The summed E-state index contributed by atoms with van der Waals surface area (Å²) in [5.74, 6) is 0.275. The van der Waals surface area contributed by atoms with E-state index in [0.717, 1.165) is 19.4 Å². The maximum absolute atomic E-state index is 11.0. The summed E-state index contributed by atoms with van der Waals surface area (Å²) < 4.78 is 0. The molecule has 0 aliphatic heterocycles. The molecule has 1 aliphatic rings. The minimum Gasteiger partial charge on any atom is -0.480 e. The van der Waals surface area contributed by atoms with Crippen LogP contribution in [0.3, 0.4) is 0 Å². The second-order valence-electron chi connectivity index (χ2n) is 4.45. The predicted molar refractivity (Wildman–Crippen MR) is 51.6 cm³/mol. The SMILES string of the molecule is CC(C)CN(C)C(C(=O)O)C1CC1. The molecule has 0 aromatic rings. The summed E-state index contributed by atoms with van der Waals surface area (Å²) in [6.45, 7) is 5.10. The molecule has 3 nitrogen and oxygen atoms in total. The van der Waals surface area contributed by atoms with Crippen LogP contribution in [0.15, 0.2) is 0 Å². The molecule has 1 aliphatic carbocycles. The number of aliphatic carboxylic acids is 1. The van der Waals surface area contributed by atoms with Crippen molar-refractivity contribution in [1.29, 1.82) is 0 Å². The van der Waals surface area contributed by atoms with Crippen molar-refractivity contribution >= 4 is 5.97 Å². The van der Waals surface area contributed by atoms with E-state index in [0.29, 0.717) is 11.8 Å². The van der Waals surface area contributed by atoms with Crippen molar-refractivity contribution in [3.63, 3.8) is 0 Å². The van der Waals surface area contributed by atoms with E-state index in [1.165, 1.54) is 0 Å². The predicted octanol–water partition coefficient (Wildman–Crippen LogP) is 1.44. The van der Waals surface area contributed by atoms with Gasteiger partial charge in [-0.05, 0) is 31.7 Å². The number of hydrogen-bond donors (Lipinski definition) is 1. The van der Waals surface area contributed by atoms with Crippen molar-refractivity contribution in [2.45, 2.75) is 32.7 Å². The maximum Gasteiger partial charge on any atom is 0.321 e. The van der Waals surface area contributed by atoms with E-state index in [2.05, 4.69) is 13.8 Å². The summed E-state index contributed by atoms with van der Waals surface area (Å²) in [5.41, 5.74) is 0. The van der Waals surface area contributed by atoms with E-state index in [1.54, 1.807) is 0 Å². The highest BCUT2D eigenvalue weighted by Crippen LogP contribution is 2.35. The molecule has 1 atom stereocenters. The minimum absolute atomic E-state index is 0.248. The highest BCUT2D eigenvalue weighted by atomic mass is 16.4. The third-order valence-corrected chi connectivity index (χ3v) is 2.45. The lowest BCUT2D eigenvalue weighted by molar-refractivity contribution is -0.143. The lowest BCUT2D eigenvalue weighted by Crippen LogP contribution is -2.41. The molecule has 0 spiro atoms. The van der Waals surface area contributed by atoms with Crippen LogP contribution in [-0.2, 0) is 4.79 Å². The number of carboxylic acid groups (broad SMARTS) is 1. The highest BCUT2D eigenvalue weighted by molar-refractivity contribution is 5.74. The molecule has 0 heterocycles. The van der Waals surface area contributed by atoms with Crippen LogP contribution in [0.4, 0.5) is 0 Å². The van der Waals surface area contributed by atoms with Crippen LogP contribution in [0, 0.1) is 11.8 Å². The van der Waals surface area contributed by atoms with E-state index in [4.69, 9.17) is 5.11 Å². The first-order valence-corrected chi connectivity index (χ1v) is 4.95. The van der Waals surface area contributed by atoms with Crippen molar-refractivity contribution in [3.05, 3.63) is 0 Å². The zero-order valence-corrected chi connectivity index (χ0v) is 8.66. The Morgan fingerprint density at radius 2 is 2.08 bits per heavy atom. The standard InChI is InChI=1S/C10H19NO2/c1-7(2)6-11(3)9(10(12)13)8-4-5-8/h7-9H,4-6H2,1-3H3,(H,12,13). The van der Waals surface area contributed by atoms with Gasteiger partial charge in [0, 0.05) is 6.54 Å².